The third kappa shape index (κ3) is 6.68. The summed E-state index contributed by atoms with van der Waals surface area (Å²) in [6, 6.07) is 0. The number of hydrogen-bond donors (Lipinski definition) is 1. The molecule has 1 N–H and O–H groups in total. The molecular formula is C15H26FN3O. The lowest BCUT2D eigenvalue weighted by molar-refractivity contribution is 0.277. The third-order valence-electron chi connectivity index (χ3n) is 2.98. The number of hydrogen-bond acceptors (Lipinski definition) is 4. The Morgan fingerprint density at radius 3 is 2.60 bits per heavy atom. The maximum atomic E-state index is 13.5. The van der Waals surface area contributed by atoms with E-state index >= 15 is 0 Å². The van der Waals surface area contributed by atoms with Crippen LogP contribution in [0.15, 0.2) is 6.20 Å². The molecule has 1 aromatic heterocycles. The first kappa shape index (κ1) is 16.7. The van der Waals surface area contributed by atoms with Crippen LogP contribution in [0.1, 0.15) is 58.8 Å². The zero-order valence-corrected chi connectivity index (χ0v) is 12.6. The van der Waals surface area contributed by atoms with Gasteiger partial charge < -0.3 is 10.1 Å². The van der Waals surface area contributed by atoms with E-state index in [4.69, 9.17) is 4.74 Å². The maximum absolute atomic E-state index is 13.5. The van der Waals surface area contributed by atoms with Gasteiger partial charge in [-0.15, -0.1) is 0 Å². The minimum absolute atomic E-state index is 0.0483. The second-order valence-electron chi connectivity index (χ2n) is 4.89. The molecule has 0 saturated carbocycles. The highest BCUT2D eigenvalue weighted by Gasteiger charge is 2.07. The van der Waals surface area contributed by atoms with Gasteiger partial charge in [0.1, 0.15) is 0 Å². The number of anilines is 1. The number of nitrogens with one attached hydrogen (secondary N) is 1. The molecule has 0 unspecified atom stereocenters. The van der Waals surface area contributed by atoms with Crippen LogP contribution in [0.3, 0.4) is 0 Å². The van der Waals surface area contributed by atoms with Crippen LogP contribution in [0.25, 0.3) is 0 Å². The first-order valence-electron chi connectivity index (χ1n) is 7.67. The number of ether oxygens (including phenoxy) is 1. The monoisotopic (exact) mass is 283 g/mol. The van der Waals surface area contributed by atoms with E-state index in [1.54, 1.807) is 0 Å². The number of aromatic nitrogens is 2. The molecule has 0 fully saturated rings. The van der Waals surface area contributed by atoms with Gasteiger partial charge in [0.05, 0.1) is 12.8 Å². The van der Waals surface area contributed by atoms with Crippen LogP contribution in [-0.4, -0.2) is 23.1 Å². The van der Waals surface area contributed by atoms with Crippen LogP contribution >= 0.6 is 0 Å². The van der Waals surface area contributed by atoms with Crippen molar-refractivity contribution in [2.24, 2.45) is 0 Å². The van der Waals surface area contributed by atoms with E-state index in [0.29, 0.717) is 12.6 Å². The number of halogens is 1. The summed E-state index contributed by atoms with van der Waals surface area (Å²) in [5, 5.41) is 3.02. The summed E-state index contributed by atoms with van der Waals surface area (Å²) in [4.78, 5) is 7.91. The molecule has 0 saturated heterocycles. The Morgan fingerprint density at radius 1 is 1.10 bits per heavy atom. The zero-order chi connectivity index (χ0) is 14.6. The summed E-state index contributed by atoms with van der Waals surface area (Å²) in [7, 11) is 0. The van der Waals surface area contributed by atoms with Gasteiger partial charge in [-0.05, 0) is 12.8 Å². The van der Waals surface area contributed by atoms with Crippen molar-refractivity contribution < 1.29 is 9.13 Å². The molecule has 0 amide bonds. The van der Waals surface area contributed by atoms with Gasteiger partial charge in [-0.1, -0.05) is 46.0 Å². The lowest BCUT2D eigenvalue weighted by atomic mass is 10.1. The first-order chi connectivity index (χ1) is 9.77. The SMILES string of the molecule is CCCCCCCCOc1nc(NCCC)ncc1F. The van der Waals surface area contributed by atoms with Crippen molar-refractivity contribution in [3.63, 3.8) is 0 Å². The van der Waals surface area contributed by atoms with E-state index in [-0.39, 0.29) is 5.88 Å². The Bertz CT molecular complexity index is 374. The lowest BCUT2D eigenvalue weighted by Crippen LogP contribution is -2.08. The Morgan fingerprint density at radius 2 is 1.85 bits per heavy atom. The molecular weight excluding hydrogens is 257 g/mol. The van der Waals surface area contributed by atoms with Crippen LogP contribution in [0, 0.1) is 5.82 Å². The molecule has 0 aliphatic carbocycles. The van der Waals surface area contributed by atoms with Crippen LogP contribution in [-0.2, 0) is 0 Å². The van der Waals surface area contributed by atoms with Crippen LogP contribution in [0.5, 0.6) is 5.88 Å². The fraction of sp³-hybridized carbons (Fsp3) is 0.733. The Labute approximate surface area is 121 Å². The molecule has 1 aromatic rings. The predicted molar refractivity (Wildman–Crippen MR) is 79.6 cm³/mol. The van der Waals surface area contributed by atoms with Crippen LogP contribution in [0.4, 0.5) is 10.3 Å². The van der Waals surface area contributed by atoms with Crippen molar-refractivity contribution in [1.82, 2.24) is 9.97 Å². The van der Waals surface area contributed by atoms with Gasteiger partial charge in [-0.25, -0.2) is 4.98 Å². The van der Waals surface area contributed by atoms with Crippen molar-refractivity contribution in [2.45, 2.75) is 58.8 Å². The van der Waals surface area contributed by atoms with E-state index in [2.05, 4.69) is 22.2 Å². The zero-order valence-electron chi connectivity index (χ0n) is 12.6. The largest absolute Gasteiger partial charge is 0.475 e. The topological polar surface area (TPSA) is 47.0 Å². The average molecular weight is 283 g/mol. The fourth-order valence-corrected chi connectivity index (χ4v) is 1.83. The summed E-state index contributed by atoms with van der Waals surface area (Å²) in [5.41, 5.74) is 0. The van der Waals surface area contributed by atoms with E-state index in [1.807, 2.05) is 6.92 Å². The molecule has 0 radical (unpaired) electrons. The van der Waals surface area contributed by atoms with Crippen LogP contribution in [0.2, 0.25) is 0 Å². The number of nitrogens with zero attached hydrogens (tertiary/aromatic N) is 2. The Balaban J connectivity index is 2.27. The highest BCUT2D eigenvalue weighted by molar-refractivity contribution is 5.28. The minimum Gasteiger partial charge on any atom is -0.475 e. The summed E-state index contributed by atoms with van der Waals surface area (Å²) in [6.07, 6.45) is 9.19. The summed E-state index contributed by atoms with van der Waals surface area (Å²) in [5.74, 6) is -0.0311. The van der Waals surface area contributed by atoms with E-state index < -0.39 is 5.82 Å². The smallest absolute Gasteiger partial charge is 0.255 e. The van der Waals surface area contributed by atoms with Gasteiger partial charge in [0.2, 0.25) is 11.8 Å². The van der Waals surface area contributed by atoms with Crippen molar-refractivity contribution in [2.75, 3.05) is 18.5 Å². The molecule has 0 aromatic carbocycles. The maximum Gasteiger partial charge on any atom is 0.255 e. The highest BCUT2D eigenvalue weighted by Crippen LogP contribution is 2.15. The van der Waals surface area contributed by atoms with E-state index in [0.717, 1.165) is 32.0 Å². The molecule has 1 heterocycles. The van der Waals surface area contributed by atoms with Crippen molar-refractivity contribution >= 4 is 5.95 Å². The fourth-order valence-electron chi connectivity index (χ4n) is 1.83. The molecule has 20 heavy (non-hydrogen) atoms. The molecule has 5 heteroatoms. The number of rotatable bonds is 11. The number of unbranched alkanes of at least 4 members (excludes halogenated alkanes) is 5. The molecule has 4 nitrogen and oxygen atoms in total. The standard InChI is InChI=1S/C15H26FN3O/c1-3-5-6-7-8-9-11-20-14-13(16)12-18-15(19-14)17-10-4-2/h12H,3-11H2,1-2H3,(H,17,18,19). The molecule has 1 rings (SSSR count). The third-order valence-corrected chi connectivity index (χ3v) is 2.98. The molecule has 0 aliphatic heterocycles. The Hall–Kier alpha value is -1.39. The van der Waals surface area contributed by atoms with Gasteiger partial charge in [0.15, 0.2) is 0 Å². The van der Waals surface area contributed by atoms with Crippen LogP contribution < -0.4 is 10.1 Å². The van der Waals surface area contributed by atoms with E-state index in [9.17, 15) is 4.39 Å². The first-order valence-corrected chi connectivity index (χ1v) is 7.67. The normalized spacial score (nSPS) is 10.6. The average Bonchev–Trinajstić information content (AvgIpc) is 2.46. The molecule has 0 atom stereocenters. The molecule has 114 valence electrons. The van der Waals surface area contributed by atoms with Gasteiger partial charge in [-0.2, -0.15) is 9.37 Å². The molecule has 0 spiro atoms. The summed E-state index contributed by atoms with van der Waals surface area (Å²) >= 11 is 0. The van der Waals surface area contributed by atoms with Crippen molar-refractivity contribution in [1.29, 1.82) is 0 Å². The van der Waals surface area contributed by atoms with Gasteiger partial charge in [0, 0.05) is 6.54 Å². The van der Waals surface area contributed by atoms with Gasteiger partial charge in [-0.3, -0.25) is 0 Å². The van der Waals surface area contributed by atoms with Crippen molar-refractivity contribution in [3.8, 4) is 5.88 Å². The lowest BCUT2D eigenvalue weighted by Gasteiger charge is -2.08. The van der Waals surface area contributed by atoms with E-state index in [1.165, 1.54) is 25.7 Å². The van der Waals surface area contributed by atoms with Gasteiger partial charge in [0.25, 0.3) is 5.88 Å². The second kappa shape index (κ2) is 10.4. The highest BCUT2D eigenvalue weighted by atomic mass is 19.1. The quantitative estimate of drug-likeness (QED) is 0.619. The van der Waals surface area contributed by atoms with Gasteiger partial charge >= 0.3 is 0 Å². The Kier molecular flexibility index (Phi) is 8.67. The second-order valence-corrected chi connectivity index (χ2v) is 4.89. The molecule has 0 aliphatic rings. The minimum atomic E-state index is -0.502. The summed E-state index contributed by atoms with van der Waals surface area (Å²) in [6.45, 7) is 5.52. The molecule has 0 bridgehead atoms. The van der Waals surface area contributed by atoms with Crippen molar-refractivity contribution in [3.05, 3.63) is 12.0 Å². The predicted octanol–water partition coefficient (Wildman–Crippen LogP) is 4.18. The summed E-state index contributed by atoms with van der Waals surface area (Å²) < 4.78 is 18.9.